The average molecular weight is 496 g/mol. The van der Waals surface area contributed by atoms with Crippen LogP contribution in [0.2, 0.25) is 10.0 Å². The van der Waals surface area contributed by atoms with E-state index in [2.05, 4.69) is 12.2 Å². The van der Waals surface area contributed by atoms with Crippen LogP contribution in [0.5, 0.6) is 0 Å². The Kier molecular flexibility index (Phi) is 9.27. The summed E-state index contributed by atoms with van der Waals surface area (Å²) in [5.41, 5.74) is 1.74. The summed E-state index contributed by atoms with van der Waals surface area (Å²) in [6.45, 7) is 2.53. The van der Waals surface area contributed by atoms with Gasteiger partial charge in [0.1, 0.15) is 11.9 Å². The number of carbonyl (C=O) groups is 2. The van der Waals surface area contributed by atoms with Gasteiger partial charge in [-0.05, 0) is 60.6 Å². The van der Waals surface area contributed by atoms with Gasteiger partial charge in [-0.15, -0.1) is 11.6 Å². The molecule has 1 aliphatic carbocycles. The molecule has 1 N–H and O–H groups in total. The SMILES string of the molecule is C[C@@H]1CCCC[C@@H]1NC(=O)[C@@H](c1ccc(Cl)cc1)N(CCc1ccc(Cl)cc1)C(=O)CCl. The Labute approximate surface area is 205 Å². The molecule has 0 radical (unpaired) electrons. The zero-order valence-electron chi connectivity index (χ0n) is 18.2. The van der Waals surface area contributed by atoms with E-state index in [0.717, 1.165) is 24.8 Å². The quantitative estimate of drug-likeness (QED) is 0.454. The molecule has 0 unspecified atom stereocenters. The van der Waals surface area contributed by atoms with Crippen LogP contribution in [0.25, 0.3) is 0 Å². The molecule has 2 aromatic carbocycles. The van der Waals surface area contributed by atoms with Gasteiger partial charge in [-0.1, -0.05) is 67.2 Å². The smallest absolute Gasteiger partial charge is 0.247 e. The Balaban J connectivity index is 1.87. The summed E-state index contributed by atoms with van der Waals surface area (Å²) < 4.78 is 0. The second kappa shape index (κ2) is 11.9. The van der Waals surface area contributed by atoms with Gasteiger partial charge in [-0.25, -0.2) is 0 Å². The minimum atomic E-state index is -0.778. The number of amides is 2. The molecular formula is C25H29Cl3N2O2. The first-order valence-corrected chi connectivity index (χ1v) is 12.3. The summed E-state index contributed by atoms with van der Waals surface area (Å²) in [5, 5.41) is 4.45. The maximum Gasteiger partial charge on any atom is 0.247 e. The second-order valence-electron chi connectivity index (χ2n) is 8.43. The fraction of sp³-hybridized carbons (Fsp3) is 0.440. The summed E-state index contributed by atoms with van der Waals surface area (Å²) >= 11 is 18.0. The molecule has 0 saturated heterocycles. The molecule has 3 atom stereocenters. The Morgan fingerprint density at radius 3 is 2.19 bits per heavy atom. The summed E-state index contributed by atoms with van der Waals surface area (Å²) in [4.78, 5) is 28.0. The van der Waals surface area contributed by atoms with Crippen LogP contribution in [0, 0.1) is 5.92 Å². The van der Waals surface area contributed by atoms with Crippen LogP contribution < -0.4 is 5.32 Å². The first kappa shape index (κ1) is 24.9. The van der Waals surface area contributed by atoms with Crippen molar-refractivity contribution >= 4 is 46.6 Å². The fourth-order valence-corrected chi connectivity index (χ4v) is 4.69. The number of carbonyl (C=O) groups excluding carboxylic acids is 2. The van der Waals surface area contributed by atoms with E-state index in [1.54, 1.807) is 29.2 Å². The van der Waals surface area contributed by atoms with E-state index in [-0.39, 0.29) is 23.7 Å². The van der Waals surface area contributed by atoms with Gasteiger partial charge in [-0.2, -0.15) is 0 Å². The summed E-state index contributed by atoms with van der Waals surface area (Å²) in [5.74, 6) is -0.254. The van der Waals surface area contributed by atoms with Gasteiger partial charge < -0.3 is 10.2 Å². The van der Waals surface area contributed by atoms with Crippen molar-refractivity contribution < 1.29 is 9.59 Å². The Morgan fingerprint density at radius 1 is 1.00 bits per heavy atom. The van der Waals surface area contributed by atoms with Crippen LogP contribution >= 0.6 is 34.8 Å². The molecule has 0 heterocycles. The molecule has 32 heavy (non-hydrogen) atoms. The molecule has 1 saturated carbocycles. The third-order valence-corrected chi connectivity index (χ3v) is 6.91. The van der Waals surface area contributed by atoms with Crippen molar-refractivity contribution in [1.82, 2.24) is 10.2 Å². The van der Waals surface area contributed by atoms with E-state index in [4.69, 9.17) is 34.8 Å². The number of benzene rings is 2. The molecule has 0 spiro atoms. The Bertz CT molecular complexity index is 902. The maximum atomic E-state index is 13.6. The second-order valence-corrected chi connectivity index (χ2v) is 9.57. The van der Waals surface area contributed by atoms with Gasteiger partial charge in [0, 0.05) is 22.6 Å². The predicted octanol–water partition coefficient (Wildman–Crippen LogP) is 6.04. The molecule has 7 heteroatoms. The van der Waals surface area contributed by atoms with Crippen molar-refractivity contribution in [2.45, 2.75) is 51.1 Å². The molecule has 3 rings (SSSR count). The van der Waals surface area contributed by atoms with Crippen molar-refractivity contribution in [3.05, 3.63) is 69.7 Å². The summed E-state index contributed by atoms with van der Waals surface area (Å²) in [7, 11) is 0. The highest BCUT2D eigenvalue weighted by molar-refractivity contribution is 6.30. The molecule has 1 fully saturated rings. The molecular weight excluding hydrogens is 467 g/mol. The highest BCUT2D eigenvalue weighted by atomic mass is 35.5. The molecule has 4 nitrogen and oxygen atoms in total. The number of nitrogens with one attached hydrogen (secondary N) is 1. The van der Waals surface area contributed by atoms with E-state index in [1.807, 2.05) is 24.3 Å². The van der Waals surface area contributed by atoms with E-state index in [9.17, 15) is 9.59 Å². The van der Waals surface area contributed by atoms with Crippen molar-refractivity contribution in [2.75, 3.05) is 12.4 Å². The van der Waals surface area contributed by atoms with E-state index in [1.165, 1.54) is 6.42 Å². The van der Waals surface area contributed by atoms with Crippen LogP contribution in [0.4, 0.5) is 0 Å². The van der Waals surface area contributed by atoms with Crippen LogP contribution in [0.1, 0.15) is 49.8 Å². The van der Waals surface area contributed by atoms with E-state index < -0.39 is 6.04 Å². The van der Waals surface area contributed by atoms with Gasteiger partial charge >= 0.3 is 0 Å². The zero-order chi connectivity index (χ0) is 23.1. The van der Waals surface area contributed by atoms with Gasteiger partial charge in [0.05, 0.1) is 0 Å². The minimum Gasteiger partial charge on any atom is -0.351 e. The molecule has 1 aliphatic rings. The summed E-state index contributed by atoms with van der Waals surface area (Å²) in [6.07, 6.45) is 4.91. The predicted molar refractivity (Wildman–Crippen MR) is 131 cm³/mol. The van der Waals surface area contributed by atoms with E-state index in [0.29, 0.717) is 34.5 Å². The fourth-order valence-electron chi connectivity index (χ4n) is 4.29. The van der Waals surface area contributed by atoms with Crippen LogP contribution in [-0.4, -0.2) is 35.2 Å². The Hall–Kier alpha value is -1.75. The third-order valence-electron chi connectivity index (χ3n) is 6.17. The first-order valence-electron chi connectivity index (χ1n) is 11.0. The number of hydrogen-bond acceptors (Lipinski definition) is 2. The van der Waals surface area contributed by atoms with Gasteiger partial charge in [0.25, 0.3) is 0 Å². The minimum absolute atomic E-state index is 0.107. The maximum absolute atomic E-state index is 13.6. The Morgan fingerprint density at radius 2 is 1.59 bits per heavy atom. The normalized spacial score (nSPS) is 19.2. The van der Waals surface area contributed by atoms with Crippen molar-refractivity contribution in [1.29, 1.82) is 0 Å². The van der Waals surface area contributed by atoms with Gasteiger partial charge in [0.15, 0.2) is 0 Å². The standard InChI is InChI=1S/C25H29Cl3N2O2/c1-17-4-2-3-5-22(17)29-25(32)24(19-8-12-21(28)13-9-19)30(23(31)16-26)15-14-18-6-10-20(27)11-7-18/h6-13,17,22,24H,2-5,14-16H2,1H3,(H,29,32)/t17-,22+,24-/m1/s1. The number of rotatable bonds is 8. The molecule has 2 aromatic rings. The molecule has 172 valence electrons. The van der Waals surface area contributed by atoms with Gasteiger partial charge in [0.2, 0.25) is 11.8 Å². The lowest BCUT2D eigenvalue weighted by atomic mass is 9.85. The number of halogens is 3. The first-order chi connectivity index (χ1) is 15.4. The monoisotopic (exact) mass is 494 g/mol. The molecule has 2 amide bonds. The molecule has 0 aliphatic heterocycles. The van der Waals surface area contributed by atoms with Crippen LogP contribution in [0.15, 0.2) is 48.5 Å². The van der Waals surface area contributed by atoms with Crippen LogP contribution in [0.3, 0.4) is 0 Å². The van der Waals surface area contributed by atoms with Crippen molar-refractivity contribution in [2.24, 2.45) is 5.92 Å². The largest absolute Gasteiger partial charge is 0.351 e. The lowest BCUT2D eigenvalue weighted by Gasteiger charge is -2.35. The molecule has 0 bridgehead atoms. The highest BCUT2D eigenvalue weighted by Gasteiger charge is 2.33. The lowest BCUT2D eigenvalue weighted by Crippen LogP contribution is -2.49. The highest BCUT2D eigenvalue weighted by Crippen LogP contribution is 2.28. The average Bonchev–Trinajstić information content (AvgIpc) is 2.79. The van der Waals surface area contributed by atoms with Crippen LogP contribution in [-0.2, 0) is 16.0 Å². The number of hydrogen-bond donors (Lipinski definition) is 1. The summed E-state index contributed by atoms with van der Waals surface area (Å²) in [6, 6.07) is 13.9. The number of alkyl halides is 1. The zero-order valence-corrected chi connectivity index (χ0v) is 20.5. The van der Waals surface area contributed by atoms with E-state index >= 15 is 0 Å². The number of nitrogens with zero attached hydrogens (tertiary/aromatic N) is 1. The lowest BCUT2D eigenvalue weighted by molar-refractivity contribution is -0.139. The topological polar surface area (TPSA) is 49.4 Å². The molecule has 0 aromatic heterocycles. The third kappa shape index (κ3) is 6.63. The van der Waals surface area contributed by atoms with Crippen molar-refractivity contribution in [3.63, 3.8) is 0 Å². The van der Waals surface area contributed by atoms with Gasteiger partial charge in [-0.3, -0.25) is 9.59 Å². The van der Waals surface area contributed by atoms with Crippen molar-refractivity contribution in [3.8, 4) is 0 Å².